The van der Waals surface area contributed by atoms with Crippen LogP contribution in [0.4, 0.5) is 10.1 Å². The van der Waals surface area contributed by atoms with E-state index in [1.54, 1.807) is 17.0 Å². The number of unbranched alkanes of at least 4 members (excludes halogenated alkanes) is 1. The summed E-state index contributed by atoms with van der Waals surface area (Å²) in [4.78, 5) is 26.9. The fourth-order valence-corrected chi connectivity index (χ4v) is 5.35. The van der Waals surface area contributed by atoms with Crippen molar-refractivity contribution in [2.45, 2.75) is 37.6 Å². The molecular weight excluding hydrogens is 475 g/mol. The van der Waals surface area contributed by atoms with Gasteiger partial charge in [-0.05, 0) is 36.2 Å². The molecule has 35 heavy (non-hydrogen) atoms. The summed E-state index contributed by atoms with van der Waals surface area (Å²) in [5, 5.41) is 10.8. The predicted octanol–water partition coefficient (Wildman–Crippen LogP) is 3.26. The van der Waals surface area contributed by atoms with Crippen LogP contribution in [0.5, 0.6) is 0 Å². The van der Waals surface area contributed by atoms with E-state index in [1.165, 1.54) is 40.7 Å². The molecule has 2 aromatic rings. The van der Waals surface area contributed by atoms with E-state index in [9.17, 15) is 27.7 Å². The van der Waals surface area contributed by atoms with Gasteiger partial charge in [0.15, 0.2) is 0 Å². The third-order valence-corrected chi connectivity index (χ3v) is 8.00. The van der Waals surface area contributed by atoms with Gasteiger partial charge in [-0.3, -0.25) is 19.8 Å². The van der Waals surface area contributed by atoms with Crippen molar-refractivity contribution in [1.82, 2.24) is 14.1 Å². The monoisotopic (exact) mass is 506 g/mol. The van der Waals surface area contributed by atoms with Crippen molar-refractivity contribution >= 4 is 21.6 Å². The molecular formula is C24H31FN4O5S. The van der Waals surface area contributed by atoms with Gasteiger partial charge in [0.1, 0.15) is 5.82 Å². The topological polar surface area (TPSA) is 104 Å². The summed E-state index contributed by atoms with van der Waals surface area (Å²) < 4.78 is 40.5. The average molecular weight is 507 g/mol. The number of benzene rings is 2. The fourth-order valence-electron chi connectivity index (χ4n) is 3.93. The average Bonchev–Trinajstić information content (AvgIpc) is 2.86. The molecule has 0 bridgehead atoms. The van der Waals surface area contributed by atoms with E-state index in [0.29, 0.717) is 52.2 Å². The molecule has 3 rings (SSSR count). The van der Waals surface area contributed by atoms with Crippen molar-refractivity contribution < 1.29 is 22.5 Å². The van der Waals surface area contributed by atoms with E-state index in [4.69, 9.17) is 0 Å². The number of rotatable bonds is 11. The van der Waals surface area contributed by atoms with Gasteiger partial charge in [0.2, 0.25) is 15.9 Å². The zero-order valence-corrected chi connectivity index (χ0v) is 20.6. The van der Waals surface area contributed by atoms with Gasteiger partial charge in [0.05, 0.1) is 9.82 Å². The van der Waals surface area contributed by atoms with Crippen molar-refractivity contribution in [2.24, 2.45) is 0 Å². The summed E-state index contributed by atoms with van der Waals surface area (Å²) in [5.41, 5.74) is 0.697. The normalized spacial score (nSPS) is 15.1. The maximum absolute atomic E-state index is 13.3. The summed E-state index contributed by atoms with van der Waals surface area (Å²) in [6, 6.07) is 11.0. The standard InChI is InChI=1S/C24H31FN4O5S/c1-2-3-4-24(30)27(19-20-5-7-21(25)8-6-20)16-13-26-14-17-28(18-15-26)35(33,34)23-11-9-22(10-12-23)29(31)32/h5-12H,2-4,13-19H2,1H3. The maximum Gasteiger partial charge on any atom is 0.269 e. The van der Waals surface area contributed by atoms with Crippen LogP contribution in [0.3, 0.4) is 0 Å². The Morgan fingerprint density at radius 3 is 2.26 bits per heavy atom. The van der Waals surface area contributed by atoms with Crippen LogP contribution in [0.15, 0.2) is 53.4 Å². The van der Waals surface area contributed by atoms with Crippen LogP contribution < -0.4 is 0 Å². The lowest BCUT2D eigenvalue weighted by molar-refractivity contribution is -0.384. The summed E-state index contributed by atoms with van der Waals surface area (Å²) in [6.45, 7) is 5.14. The molecule has 1 aliphatic rings. The maximum atomic E-state index is 13.3. The van der Waals surface area contributed by atoms with Crippen LogP contribution in [0, 0.1) is 15.9 Å². The molecule has 190 valence electrons. The van der Waals surface area contributed by atoms with E-state index in [-0.39, 0.29) is 22.3 Å². The number of sulfonamides is 1. The number of halogens is 1. The third-order valence-electron chi connectivity index (χ3n) is 6.09. The van der Waals surface area contributed by atoms with Crippen LogP contribution >= 0.6 is 0 Å². The molecule has 0 aliphatic carbocycles. The van der Waals surface area contributed by atoms with Gasteiger partial charge in [-0.2, -0.15) is 4.31 Å². The molecule has 1 aliphatic heterocycles. The minimum Gasteiger partial charge on any atom is -0.337 e. The number of hydrogen-bond acceptors (Lipinski definition) is 6. The van der Waals surface area contributed by atoms with Crippen molar-refractivity contribution in [3.8, 4) is 0 Å². The van der Waals surface area contributed by atoms with Crippen LogP contribution in [0.1, 0.15) is 31.7 Å². The second kappa shape index (κ2) is 12.2. The van der Waals surface area contributed by atoms with Crippen LogP contribution in [0.2, 0.25) is 0 Å². The Kier molecular flexibility index (Phi) is 9.30. The molecule has 0 atom stereocenters. The Bertz CT molecular complexity index is 1100. The van der Waals surface area contributed by atoms with E-state index in [0.717, 1.165) is 18.4 Å². The van der Waals surface area contributed by atoms with Crippen LogP contribution in [-0.2, 0) is 21.4 Å². The van der Waals surface area contributed by atoms with Crippen molar-refractivity contribution in [3.63, 3.8) is 0 Å². The first kappa shape index (κ1) is 26.7. The molecule has 0 N–H and O–H groups in total. The highest BCUT2D eigenvalue weighted by Gasteiger charge is 2.29. The Balaban J connectivity index is 1.56. The quantitative estimate of drug-likeness (QED) is 0.342. The Morgan fingerprint density at radius 2 is 1.69 bits per heavy atom. The SMILES string of the molecule is CCCCC(=O)N(CCN1CCN(S(=O)(=O)c2ccc([N+](=O)[O-])cc2)CC1)Cc1ccc(F)cc1. The predicted molar refractivity (Wildman–Crippen MR) is 130 cm³/mol. The van der Waals surface area contributed by atoms with Crippen molar-refractivity contribution in [3.05, 3.63) is 70.0 Å². The van der Waals surface area contributed by atoms with Gasteiger partial charge in [-0.25, -0.2) is 12.8 Å². The lowest BCUT2D eigenvalue weighted by Crippen LogP contribution is -2.50. The minimum absolute atomic E-state index is 0.0311. The molecule has 0 saturated carbocycles. The summed E-state index contributed by atoms with van der Waals surface area (Å²) in [6.07, 6.45) is 2.18. The molecule has 0 spiro atoms. The number of nitrogens with zero attached hydrogens (tertiary/aromatic N) is 4. The number of non-ortho nitro benzene ring substituents is 1. The second-order valence-corrected chi connectivity index (χ2v) is 10.5. The highest BCUT2D eigenvalue weighted by Crippen LogP contribution is 2.21. The van der Waals surface area contributed by atoms with Gasteiger partial charge < -0.3 is 4.90 Å². The van der Waals surface area contributed by atoms with Gasteiger partial charge in [-0.1, -0.05) is 25.5 Å². The molecule has 11 heteroatoms. The molecule has 9 nitrogen and oxygen atoms in total. The van der Waals surface area contributed by atoms with E-state index in [1.807, 2.05) is 6.92 Å². The largest absolute Gasteiger partial charge is 0.337 e. The van der Waals surface area contributed by atoms with Gasteiger partial charge >= 0.3 is 0 Å². The third kappa shape index (κ3) is 7.30. The number of nitro groups is 1. The molecule has 1 fully saturated rings. The number of amides is 1. The van der Waals surface area contributed by atoms with Crippen molar-refractivity contribution in [2.75, 3.05) is 39.3 Å². The lowest BCUT2D eigenvalue weighted by atomic mass is 10.1. The summed E-state index contributed by atoms with van der Waals surface area (Å²) in [7, 11) is -3.74. The Morgan fingerprint density at radius 1 is 1.06 bits per heavy atom. The van der Waals surface area contributed by atoms with Gasteiger partial charge in [0.25, 0.3) is 5.69 Å². The van der Waals surface area contributed by atoms with Gasteiger partial charge in [-0.15, -0.1) is 0 Å². The number of carbonyl (C=O) groups excluding carboxylic acids is 1. The molecule has 0 unspecified atom stereocenters. The van der Waals surface area contributed by atoms with E-state index < -0.39 is 14.9 Å². The van der Waals surface area contributed by atoms with E-state index >= 15 is 0 Å². The van der Waals surface area contributed by atoms with Gasteiger partial charge in [0, 0.05) is 64.4 Å². The molecule has 0 radical (unpaired) electrons. The number of carbonyl (C=O) groups is 1. The van der Waals surface area contributed by atoms with Crippen molar-refractivity contribution in [1.29, 1.82) is 0 Å². The minimum atomic E-state index is -3.74. The molecule has 1 heterocycles. The smallest absolute Gasteiger partial charge is 0.269 e. The zero-order chi connectivity index (χ0) is 25.4. The molecule has 1 saturated heterocycles. The highest BCUT2D eigenvalue weighted by molar-refractivity contribution is 7.89. The lowest BCUT2D eigenvalue weighted by Gasteiger charge is -2.35. The molecule has 2 aromatic carbocycles. The summed E-state index contributed by atoms with van der Waals surface area (Å²) >= 11 is 0. The fraction of sp³-hybridized carbons (Fsp3) is 0.458. The second-order valence-electron chi connectivity index (χ2n) is 8.54. The Labute approximate surface area is 205 Å². The molecule has 0 aromatic heterocycles. The number of hydrogen-bond donors (Lipinski definition) is 0. The zero-order valence-electron chi connectivity index (χ0n) is 19.8. The molecule has 1 amide bonds. The Hall–Kier alpha value is -2.89. The number of piperazine rings is 1. The first-order valence-electron chi connectivity index (χ1n) is 11.7. The summed E-state index contributed by atoms with van der Waals surface area (Å²) in [5.74, 6) is -0.269. The van der Waals surface area contributed by atoms with Crippen LogP contribution in [-0.4, -0.2) is 72.6 Å². The number of nitro benzene ring substituents is 1. The van der Waals surface area contributed by atoms with Crippen LogP contribution in [0.25, 0.3) is 0 Å². The van der Waals surface area contributed by atoms with E-state index in [2.05, 4.69) is 4.90 Å². The first-order chi connectivity index (χ1) is 16.7. The highest BCUT2D eigenvalue weighted by atomic mass is 32.2. The first-order valence-corrected chi connectivity index (χ1v) is 13.1.